The van der Waals surface area contributed by atoms with E-state index in [0.29, 0.717) is 0 Å². The molecule has 2 rings (SSSR count). The van der Waals surface area contributed by atoms with Gasteiger partial charge in [0.15, 0.2) is 18.9 Å². The molecule has 11 N–H and O–H groups in total. The van der Waals surface area contributed by atoms with Crippen LogP contribution in [0.2, 0.25) is 0 Å². The van der Waals surface area contributed by atoms with Crippen molar-refractivity contribution in [3.8, 4) is 0 Å². The minimum atomic E-state index is -2.13. The van der Waals surface area contributed by atoms with E-state index in [1.54, 1.807) is 0 Å². The molecule has 0 saturated carbocycles. The third-order valence-electron chi connectivity index (χ3n) is 6.06. The topological polar surface area (TPSA) is 285 Å². The Morgan fingerprint density at radius 1 is 0.865 bits per heavy atom. The van der Waals surface area contributed by atoms with Crippen molar-refractivity contribution in [3.63, 3.8) is 0 Å². The molecule has 2 heterocycles. The van der Waals surface area contributed by atoms with Crippen LogP contribution in [0.3, 0.4) is 0 Å². The van der Waals surface area contributed by atoms with Crippen molar-refractivity contribution in [1.82, 2.24) is 5.32 Å². The summed E-state index contributed by atoms with van der Waals surface area (Å²) in [6.07, 6.45) is -23.6. The Morgan fingerprint density at radius 2 is 1.41 bits per heavy atom. The summed E-state index contributed by atoms with van der Waals surface area (Å²) in [5.74, 6) is -0.705. The molecule has 2 aliphatic heterocycles. The first-order valence-corrected chi connectivity index (χ1v) is 11.3. The van der Waals surface area contributed by atoms with E-state index in [1.807, 2.05) is 0 Å². The summed E-state index contributed by atoms with van der Waals surface area (Å²) < 4.78 is 21.5. The van der Waals surface area contributed by atoms with Crippen LogP contribution in [-0.4, -0.2) is 169 Å². The predicted octanol–water partition coefficient (Wildman–Crippen LogP) is -7.59. The minimum absolute atomic E-state index is 0.0432. The van der Waals surface area contributed by atoms with Crippen molar-refractivity contribution >= 4 is 12.2 Å². The Morgan fingerprint density at radius 3 is 1.89 bits per heavy atom. The van der Waals surface area contributed by atoms with Crippen LogP contribution in [0.15, 0.2) is 0 Å². The average Bonchev–Trinajstić information content (AvgIpc) is 2.88. The first-order chi connectivity index (χ1) is 17.4. The average molecular weight is 545 g/mol. The van der Waals surface area contributed by atoms with Crippen molar-refractivity contribution in [3.05, 3.63) is 0 Å². The number of aldehydes is 1. The monoisotopic (exact) mass is 545 g/mol. The van der Waals surface area contributed by atoms with Crippen LogP contribution in [0.25, 0.3) is 0 Å². The second-order valence-corrected chi connectivity index (χ2v) is 8.71. The summed E-state index contributed by atoms with van der Waals surface area (Å²) in [4.78, 5) is 23.7. The van der Waals surface area contributed by atoms with E-state index < -0.39 is 111 Å². The van der Waals surface area contributed by atoms with Crippen LogP contribution < -0.4 is 5.32 Å². The zero-order valence-electron chi connectivity index (χ0n) is 19.7. The van der Waals surface area contributed by atoms with E-state index in [4.69, 9.17) is 18.9 Å². The van der Waals surface area contributed by atoms with Gasteiger partial charge in [-0.3, -0.25) is 4.79 Å². The number of nitrogens with one attached hydrogen (secondary N) is 1. The highest BCUT2D eigenvalue weighted by atomic mass is 16.7. The van der Waals surface area contributed by atoms with E-state index in [2.05, 4.69) is 5.32 Å². The molecule has 0 spiro atoms. The van der Waals surface area contributed by atoms with Crippen molar-refractivity contribution in [2.75, 3.05) is 19.8 Å². The molecule has 37 heavy (non-hydrogen) atoms. The van der Waals surface area contributed by atoms with Crippen molar-refractivity contribution in [2.45, 2.75) is 92.7 Å². The third kappa shape index (κ3) is 7.37. The molecule has 0 aromatic rings. The molecule has 14 atom stereocenters. The molecule has 2 aliphatic rings. The van der Waals surface area contributed by atoms with Crippen LogP contribution in [0, 0.1) is 0 Å². The second-order valence-electron chi connectivity index (χ2n) is 8.71. The lowest BCUT2D eigenvalue weighted by Crippen LogP contribution is -2.66. The Hall–Kier alpha value is -1.42. The van der Waals surface area contributed by atoms with Gasteiger partial charge in [0, 0.05) is 6.92 Å². The molecule has 1 amide bonds. The maximum absolute atomic E-state index is 12.0. The van der Waals surface area contributed by atoms with E-state index in [-0.39, 0.29) is 6.29 Å². The second kappa shape index (κ2) is 14.1. The fourth-order valence-electron chi connectivity index (χ4n) is 3.94. The molecule has 0 aliphatic carbocycles. The lowest BCUT2D eigenvalue weighted by Gasteiger charge is -2.45. The van der Waals surface area contributed by atoms with Gasteiger partial charge in [-0.1, -0.05) is 0 Å². The summed E-state index contributed by atoms with van der Waals surface area (Å²) >= 11 is 0. The fourth-order valence-corrected chi connectivity index (χ4v) is 3.94. The van der Waals surface area contributed by atoms with Gasteiger partial charge in [0.1, 0.15) is 73.2 Å². The smallest absolute Gasteiger partial charge is 0.217 e. The number of hydrogen-bond donors (Lipinski definition) is 11. The molecule has 17 nitrogen and oxygen atoms in total. The van der Waals surface area contributed by atoms with E-state index >= 15 is 0 Å². The van der Waals surface area contributed by atoms with Gasteiger partial charge in [-0.25, -0.2) is 0 Å². The lowest BCUT2D eigenvalue weighted by molar-refractivity contribution is -0.337. The van der Waals surface area contributed by atoms with Crippen molar-refractivity contribution in [1.29, 1.82) is 0 Å². The van der Waals surface area contributed by atoms with Crippen LogP contribution in [0.4, 0.5) is 0 Å². The highest BCUT2D eigenvalue weighted by Crippen LogP contribution is 2.28. The maximum Gasteiger partial charge on any atom is 0.217 e. The number of ether oxygens (including phenoxy) is 4. The van der Waals surface area contributed by atoms with Gasteiger partial charge in [-0.15, -0.1) is 0 Å². The first kappa shape index (κ1) is 31.8. The largest absolute Gasteiger partial charge is 0.394 e. The normalized spacial score (nSPS) is 39.9. The van der Waals surface area contributed by atoms with Gasteiger partial charge >= 0.3 is 0 Å². The minimum Gasteiger partial charge on any atom is -0.394 e. The van der Waals surface area contributed by atoms with Crippen molar-refractivity contribution < 1.29 is 79.6 Å². The Bertz CT molecular complexity index is 728. The fraction of sp³-hybridized carbons (Fsp3) is 0.900. The van der Waals surface area contributed by atoms with Gasteiger partial charge in [0.25, 0.3) is 0 Å². The zero-order valence-corrected chi connectivity index (χ0v) is 19.7. The number of aliphatic hydroxyl groups is 10. The SMILES string of the molecule is CC(=O)N[C@H]1[C@H](O[C@H](C=O)[C@@H](O[C@@H]2O[C@H](CO)[C@H](O)[C@H](O)[C@H]2O)[C@H](O)[C@H](O)CO)O[C@H](CO)[C@@H](O)[C@@H]1O. The highest BCUT2D eigenvalue weighted by Gasteiger charge is 2.50. The molecule has 0 bridgehead atoms. The number of aliphatic hydroxyl groups excluding tert-OH is 10. The molecule has 2 saturated heterocycles. The molecule has 0 aromatic carbocycles. The number of amides is 1. The van der Waals surface area contributed by atoms with Gasteiger partial charge in [0.05, 0.1) is 19.8 Å². The van der Waals surface area contributed by atoms with E-state index in [9.17, 15) is 60.7 Å². The van der Waals surface area contributed by atoms with E-state index in [0.717, 1.165) is 6.92 Å². The first-order valence-electron chi connectivity index (χ1n) is 11.3. The van der Waals surface area contributed by atoms with Gasteiger partial charge < -0.3 is 80.1 Å². The van der Waals surface area contributed by atoms with Crippen LogP contribution in [-0.2, 0) is 28.5 Å². The third-order valence-corrected chi connectivity index (χ3v) is 6.06. The number of rotatable bonds is 12. The molecular weight excluding hydrogens is 510 g/mol. The molecule has 2 fully saturated rings. The summed E-state index contributed by atoms with van der Waals surface area (Å²) in [6.45, 7) is -1.61. The Labute approximate surface area is 210 Å². The van der Waals surface area contributed by atoms with Gasteiger partial charge in [0.2, 0.25) is 5.91 Å². The van der Waals surface area contributed by atoms with Crippen LogP contribution >= 0.6 is 0 Å². The van der Waals surface area contributed by atoms with Gasteiger partial charge in [-0.2, -0.15) is 0 Å². The highest BCUT2D eigenvalue weighted by molar-refractivity contribution is 5.73. The standard InChI is InChI=1S/C20H35NO16/c1-6(26)21-11-15(31)13(29)8(3-23)34-19(11)36-10(5-25)18(12(28)7(27)2-22)37-20-17(33)16(32)14(30)9(4-24)35-20/h5,7-20,22-24,27-33H,2-4H2,1H3,(H,21,26)/t7-,8-,9-,10-,11-,12-,13-,14+,15-,16+,17-,18-,19+,20+/m1/s1. The Balaban J connectivity index is 2.36. The lowest BCUT2D eigenvalue weighted by atomic mass is 9.96. The van der Waals surface area contributed by atoms with Gasteiger partial charge in [-0.05, 0) is 0 Å². The molecule has 0 aromatic heterocycles. The molecule has 17 heteroatoms. The summed E-state index contributed by atoms with van der Waals surface area (Å²) in [5, 5.41) is 102. The quantitative estimate of drug-likeness (QED) is 0.102. The van der Waals surface area contributed by atoms with Crippen molar-refractivity contribution in [2.24, 2.45) is 0 Å². The maximum atomic E-state index is 12.0. The number of carbonyl (C=O) groups excluding carboxylic acids is 2. The Kier molecular flexibility index (Phi) is 12.1. The molecule has 216 valence electrons. The van der Waals surface area contributed by atoms with Crippen LogP contribution in [0.5, 0.6) is 0 Å². The molecule has 0 radical (unpaired) electrons. The number of carbonyl (C=O) groups is 2. The van der Waals surface area contributed by atoms with E-state index in [1.165, 1.54) is 0 Å². The summed E-state index contributed by atoms with van der Waals surface area (Å²) in [7, 11) is 0. The molecule has 0 unspecified atom stereocenters. The molecular formula is C20H35NO16. The zero-order chi connectivity index (χ0) is 28.0. The van der Waals surface area contributed by atoms with Crippen LogP contribution in [0.1, 0.15) is 6.92 Å². The number of hydrogen-bond acceptors (Lipinski definition) is 16. The summed E-state index contributed by atoms with van der Waals surface area (Å²) in [6, 6.07) is -1.51. The summed E-state index contributed by atoms with van der Waals surface area (Å²) in [5.41, 5.74) is 0. The predicted molar refractivity (Wildman–Crippen MR) is 114 cm³/mol.